The zero-order valence-electron chi connectivity index (χ0n) is 27.6. The molecule has 0 aliphatic carbocycles. The Morgan fingerprint density at radius 3 is 2.00 bits per heavy atom. The summed E-state index contributed by atoms with van der Waals surface area (Å²) in [5.74, 6) is 1.48. The molecule has 1 aliphatic heterocycles. The van der Waals surface area contributed by atoms with E-state index in [1.165, 1.54) is 16.2 Å². The monoisotopic (exact) mass is 653 g/mol. The number of fused-ring (bicyclic) bond motifs is 5. The van der Waals surface area contributed by atoms with Crippen LogP contribution >= 0.6 is 0 Å². The number of nitrogens with zero attached hydrogens (tertiary/aromatic N) is 2. The van der Waals surface area contributed by atoms with Gasteiger partial charge in [-0.25, -0.2) is 9.98 Å². The summed E-state index contributed by atoms with van der Waals surface area (Å²) >= 11 is 0. The van der Waals surface area contributed by atoms with Gasteiger partial charge in [-0.1, -0.05) is 152 Å². The average Bonchev–Trinajstić information content (AvgIpc) is 3.60. The van der Waals surface area contributed by atoms with Crippen molar-refractivity contribution in [1.29, 1.82) is 0 Å². The van der Waals surface area contributed by atoms with Gasteiger partial charge in [0.2, 0.25) is 0 Å². The molecule has 1 aromatic heterocycles. The normalized spacial score (nSPS) is 14.5. The topological polar surface area (TPSA) is 49.9 Å². The van der Waals surface area contributed by atoms with E-state index in [0.717, 1.165) is 72.1 Å². The van der Waals surface area contributed by atoms with Crippen LogP contribution in [0.2, 0.25) is 0 Å². The fourth-order valence-corrected chi connectivity index (χ4v) is 7.45. The first-order chi connectivity index (χ1) is 25.3. The first kappa shape index (κ1) is 29.2. The molecular formula is C47H31N3O. The molecule has 0 amide bonds. The van der Waals surface area contributed by atoms with Crippen LogP contribution in [0.4, 0.5) is 0 Å². The highest BCUT2D eigenvalue weighted by Gasteiger charge is 2.23. The number of para-hydroxylation sites is 1. The highest BCUT2D eigenvalue weighted by molar-refractivity contribution is 6.19. The van der Waals surface area contributed by atoms with Crippen molar-refractivity contribution in [3.8, 4) is 22.3 Å². The maximum atomic E-state index is 6.66. The van der Waals surface area contributed by atoms with E-state index < -0.39 is 0 Å². The standard InChI is InChI=1S/C47H31N3O/c1-3-14-31(15-4-1)38-21-11-23-40-43-39(22-12-24-42(43)51-44(38)40)41-29-36(28-34-19-9-10-20-37(34)41)47-49-45(32-16-5-2-6-17-32)48-46(50-47)35-26-25-30-13-7-8-18-33(30)27-35/h1-29,46H,(H,48,49,50). The molecule has 0 saturated carbocycles. The number of hydrogen-bond acceptors (Lipinski definition) is 4. The minimum absolute atomic E-state index is 0.315. The summed E-state index contributed by atoms with van der Waals surface area (Å²) in [4.78, 5) is 10.3. The summed E-state index contributed by atoms with van der Waals surface area (Å²) in [6.45, 7) is 0. The SMILES string of the molecule is c1ccc(C2=NC(c3ccc4ccccc4c3)NC(c3cc(-c4cccc5oc6c(-c7ccccc7)cccc6c45)c4ccccc4c3)=N2)cc1. The van der Waals surface area contributed by atoms with Crippen LogP contribution in [0, 0.1) is 0 Å². The van der Waals surface area contributed by atoms with Gasteiger partial charge in [0, 0.05) is 27.5 Å². The predicted molar refractivity (Wildman–Crippen MR) is 211 cm³/mol. The van der Waals surface area contributed by atoms with Crippen LogP contribution in [-0.2, 0) is 0 Å². The van der Waals surface area contributed by atoms with Gasteiger partial charge >= 0.3 is 0 Å². The van der Waals surface area contributed by atoms with Crippen LogP contribution in [0.25, 0.3) is 65.7 Å². The largest absolute Gasteiger partial charge is 0.455 e. The zero-order valence-corrected chi connectivity index (χ0v) is 27.6. The Balaban J connectivity index is 1.16. The van der Waals surface area contributed by atoms with E-state index in [2.05, 4.69) is 157 Å². The predicted octanol–water partition coefficient (Wildman–Crippen LogP) is 11.7. The third-order valence-electron chi connectivity index (χ3n) is 9.90. The van der Waals surface area contributed by atoms with Crippen LogP contribution in [-0.4, -0.2) is 11.7 Å². The molecule has 1 N–H and O–H groups in total. The maximum absolute atomic E-state index is 6.66. The van der Waals surface area contributed by atoms with Crippen molar-refractivity contribution in [2.75, 3.05) is 0 Å². The Labute approximate surface area is 295 Å². The Hall–Kier alpha value is -6.78. The molecule has 10 rings (SSSR count). The van der Waals surface area contributed by atoms with Crippen molar-refractivity contribution in [2.45, 2.75) is 6.17 Å². The van der Waals surface area contributed by atoms with E-state index in [4.69, 9.17) is 14.4 Å². The molecule has 240 valence electrons. The summed E-state index contributed by atoms with van der Waals surface area (Å²) in [6.07, 6.45) is -0.315. The number of nitrogens with one attached hydrogen (secondary N) is 1. The summed E-state index contributed by atoms with van der Waals surface area (Å²) in [5, 5.41) is 10.6. The van der Waals surface area contributed by atoms with Crippen molar-refractivity contribution in [3.63, 3.8) is 0 Å². The lowest BCUT2D eigenvalue weighted by Gasteiger charge is -2.24. The molecule has 1 aliphatic rings. The molecule has 8 aromatic carbocycles. The maximum Gasteiger partial charge on any atom is 0.159 e. The number of rotatable bonds is 5. The summed E-state index contributed by atoms with van der Waals surface area (Å²) in [6, 6.07) is 61.6. The number of hydrogen-bond donors (Lipinski definition) is 1. The Bertz CT molecular complexity index is 2830. The molecule has 9 aromatic rings. The molecule has 0 saturated heterocycles. The van der Waals surface area contributed by atoms with Crippen molar-refractivity contribution in [3.05, 3.63) is 193 Å². The molecule has 1 atom stereocenters. The van der Waals surface area contributed by atoms with Gasteiger partial charge in [0.05, 0.1) is 0 Å². The molecule has 4 heteroatoms. The smallest absolute Gasteiger partial charge is 0.159 e. The molecule has 0 bridgehead atoms. The van der Waals surface area contributed by atoms with Crippen LogP contribution in [0.5, 0.6) is 0 Å². The van der Waals surface area contributed by atoms with Crippen LogP contribution < -0.4 is 5.32 Å². The minimum Gasteiger partial charge on any atom is -0.455 e. The second-order valence-corrected chi connectivity index (χ2v) is 13.0. The van der Waals surface area contributed by atoms with Gasteiger partial charge in [-0.15, -0.1) is 0 Å². The van der Waals surface area contributed by atoms with Crippen molar-refractivity contribution < 1.29 is 4.42 Å². The van der Waals surface area contributed by atoms with Crippen LogP contribution in [0.15, 0.2) is 190 Å². The zero-order chi connectivity index (χ0) is 33.7. The minimum atomic E-state index is -0.315. The molecule has 51 heavy (non-hydrogen) atoms. The first-order valence-electron chi connectivity index (χ1n) is 17.3. The van der Waals surface area contributed by atoms with E-state index in [1.807, 2.05) is 24.3 Å². The van der Waals surface area contributed by atoms with E-state index in [0.29, 0.717) is 5.84 Å². The molecule has 0 spiro atoms. The summed E-state index contributed by atoms with van der Waals surface area (Å²) in [7, 11) is 0. The molecule has 4 nitrogen and oxygen atoms in total. The highest BCUT2D eigenvalue weighted by atomic mass is 16.3. The second-order valence-electron chi connectivity index (χ2n) is 13.0. The molecule has 0 radical (unpaired) electrons. The second kappa shape index (κ2) is 12.0. The number of aliphatic imine (C=N–C) groups is 2. The molecule has 0 fully saturated rings. The fraction of sp³-hybridized carbons (Fsp3) is 0.0213. The van der Waals surface area contributed by atoms with E-state index >= 15 is 0 Å². The molecule has 1 unspecified atom stereocenters. The van der Waals surface area contributed by atoms with Gasteiger partial charge in [-0.2, -0.15) is 0 Å². The van der Waals surface area contributed by atoms with Gasteiger partial charge in [-0.05, 0) is 68.1 Å². The van der Waals surface area contributed by atoms with Gasteiger partial charge in [-0.3, -0.25) is 0 Å². The van der Waals surface area contributed by atoms with Gasteiger partial charge in [0.1, 0.15) is 23.2 Å². The fourth-order valence-electron chi connectivity index (χ4n) is 7.45. The van der Waals surface area contributed by atoms with Crippen LogP contribution in [0.3, 0.4) is 0 Å². The van der Waals surface area contributed by atoms with E-state index in [9.17, 15) is 0 Å². The highest BCUT2D eigenvalue weighted by Crippen LogP contribution is 2.42. The van der Waals surface area contributed by atoms with E-state index in [-0.39, 0.29) is 6.17 Å². The number of benzene rings is 8. The van der Waals surface area contributed by atoms with Gasteiger partial charge in [0.15, 0.2) is 5.84 Å². The van der Waals surface area contributed by atoms with Crippen LogP contribution in [0.1, 0.15) is 22.9 Å². The summed E-state index contributed by atoms with van der Waals surface area (Å²) in [5.41, 5.74) is 9.27. The lowest BCUT2D eigenvalue weighted by molar-refractivity contribution is 0.670. The lowest BCUT2D eigenvalue weighted by Crippen LogP contribution is -2.33. The quantitative estimate of drug-likeness (QED) is 0.201. The Morgan fingerprint density at radius 1 is 0.471 bits per heavy atom. The third kappa shape index (κ3) is 5.08. The van der Waals surface area contributed by atoms with Crippen molar-refractivity contribution in [1.82, 2.24) is 5.32 Å². The third-order valence-corrected chi connectivity index (χ3v) is 9.90. The average molecular weight is 654 g/mol. The number of furan rings is 1. The Morgan fingerprint density at radius 2 is 1.16 bits per heavy atom. The Kier molecular flexibility index (Phi) is 6.85. The molecular weight excluding hydrogens is 623 g/mol. The first-order valence-corrected chi connectivity index (χ1v) is 17.3. The number of amidine groups is 2. The van der Waals surface area contributed by atoms with Crippen molar-refractivity contribution >= 4 is 55.2 Å². The van der Waals surface area contributed by atoms with Gasteiger partial charge in [0.25, 0.3) is 0 Å². The summed E-state index contributed by atoms with van der Waals surface area (Å²) < 4.78 is 6.66. The molecule has 2 heterocycles. The van der Waals surface area contributed by atoms with Gasteiger partial charge < -0.3 is 9.73 Å². The van der Waals surface area contributed by atoms with Crippen molar-refractivity contribution in [2.24, 2.45) is 9.98 Å². The lowest BCUT2D eigenvalue weighted by atomic mass is 9.92. The van der Waals surface area contributed by atoms with E-state index in [1.54, 1.807) is 0 Å².